The lowest BCUT2D eigenvalue weighted by Crippen LogP contribution is -2.65. The highest BCUT2D eigenvalue weighted by molar-refractivity contribution is 5.73. The van der Waals surface area contributed by atoms with E-state index in [1.165, 1.54) is 0 Å². The van der Waals surface area contributed by atoms with Gasteiger partial charge in [0, 0.05) is 7.11 Å². The average Bonchev–Trinajstić information content (AvgIpc) is 3.04. The summed E-state index contributed by atoms with van der Waals surface area (Å²) < 4.78 is 42.1. The number of hydrogen-bond acceptors (Lipinski definition) is 21. The number of ether oxygens (including phenoxy) is 8. The van der Waals surface area contributed by atoms with Gasteiger partial charge in [-0.15, -0.1) is 0 Å². The van der Waals surface area contributed by atoms with E-state index in [1.807, 2.05) is 0 Å². The number of hydrogen-bond donors (Lipinski definition) is 13. The third-order valence-corrected chi connectivity index (χ3v) is 8.38. The molecule has 0 aromatic rings. The summed E-state index contributed by atoms with van der Waals surface area (Å²) in [7, 11) is 1.09. The van der Waals surface area contributed by atoms with E-state index in [9.17, 15) is 71.2 Å². The van der Waals surface area contributed by atoms with Gasteiger partial charge in [0.15, 0.2) is 31.3 Å². The number of carboxylic acids is 1. The molecule has 20 atom stereocenters. The van der Waals surface area contributed by atoms with Gasteiger partial charge in [0.25, 0.3) is 0 Å². The van der Waals surface area contributed by atoms with Gasteiger partial charge in [0.2, 0.25) is 0 Å². The van der Waals surface area contributed by atoms with Crippen LogP contribution in [0.15, 0.2) is 0 Å². The highest BCUT2D eigenvalue weighted by Gasteiger charge is 2.52. The number of carboxylic acid groups (broad SMARTS) is 1. The Hall–Kier alpha value is -1.33. The highest BCUT2D eigenvalue weighted by atomic mass is 16.8. The van der Waals surface area contributed by atoms with Crippen molar-refractivity contribution in [2.75, 3.05) is 26.9 Å². The Labute approximate surface area is 265 Å². The van der Waals surface area contributed by atoms with Crippen LogP contribution >= 0.6 is 0 Å². The third kappa shape index (κ3) is 8.03. The van der Waals surface area contributed by atoms with Crippen LogP contribution in [-0.2, 0) is 42.7 Å². The lowest BCUT2D eigenvalue weighted by Gasteiger charge is -2.46. The Morgan fingerprint density at radius 1 is 0.553 bits per heavy atom. The first-order chi connectivity index (χ1) is 22.1. The summed E-state index contributed by atoms with van der Waals surface area (Å²) >= 11 is 0. The number of aliphatic carboxylic acids is 1. The molecule has 22 nitrogen and oxygen atoms in total. The van der Waals surface area contributed by atoms with Crippen LogP contribution in [0.5, 0.6) is 0 Å². The molecule has 47 heavy (non-hydrogen) atoms. The van der Waals surface area contributed by atoms with E-state index >= 15 is 0 Å². The second kappa shape index (κ2) is 16.1. The first-order valence-corrected chi connectivity index (χ1v) is 14.5. The molecular weight excluding hydrogens is 652 g/mol. The van der Waals surface area contributed by atoms with Gasteiger partial charge >= 0.3 is 5.97 Å². The molecule has 4 aliphatic rings. The fourth-order valence-corrected chi connectivity index (χ4v) is 5.56. The molecule has 4 saturated heterocycles. The summed E-state index contributed by atoms with van der Waals surface area (Å²) in [4.78, 5) is 11.5. The summed E-state index contributed by atoms with van der Waals surface area (Å²) in [5.41, 5.74) is 0. The van der Waals surface area contributed by atoms with Crippen molar-refractivity contribution in [3.63, 3.8) is 0 Å². The van der Waals surface area contributed by atoms with Gasteiger partial charge in [-0.1, -0.05) is 0 Å². The van der Waals surface area contributed by atoms with E-state index in [2.05, 4.69) is 0 Å². The number of methoxy groups -OCH3 is 1. The lowest BCUT2D eigenvalue weighted by atomic mass is 9.97. The second-order valence-electron chi connectivity index (χ2n) is 11.5. The molecule has 0 bridgehead atoms. The molecule has 0 aromatic carbocycles. The second-order valence-corrected chi connectivity index (χ2v) is 11.5. The van der Waals surface area contributed by atoms with E-state index in [1.54, 1.807) is 0 Å². The smallest absolute Gasteiger partial charge is 0.335 e. The molecule has 4 aliphatic heterocycles. The molecule has 0 radical (unpaired) electrons. The summed E-state index contributed by atoms with van der Waals surface area (Å²) in [6.07, 6.45) is -35.5. The van der Waals surface area contributed by atoms with Crippen molar-refractivity contribution >= 4 is 5.97 Å². The maximum absolute atomic E-state index is 11.5. The van der Waals surface area contributed by atoms with E-state index in [0.717, 1.165) is 7.11 Å². The molecule has 0 saturated carbocycles. The normalized spacial score (nSPS) is 51.1. The molecule has 4 heterocycles. The fourth-order valence-electron chi connectivity index (χ4n) is 5.56. The minimum Gasteiger partial charge on any atom is -0.479 e. The van der Waals surface area contributed by atoms with Gasteiger partial charge < -0.3 is 104 Å². The van der Waals surface area contributed by atoms with E-state index in [0.29, 0.717) is 0 Å². The summed E-state index contributed by atoms with van der Waals surface area (Å²) in [5.74, 6) is -1.54. The fraction of sp³-hybridized carbons (Fsp3) is 0.960. The Morgan fingerprint density at radius 3 is 1.55 bits per heavy atom. The number of rotatable bonds is 11. The Morgan fingerprint density at radius 2 is 1.04 bits per heavy atom. The van der Waals surface area contributed by atoms with Crippen LogP contribution in [-0.4, -0.2) is 222 Å². The summed E-state index contributed by atoms with van der Waals surface area (Å²) in [6.45, 7) is -2.26. The predicted octanol–water partition coefficient (Wildman–Crippen LogP) is -9.00. The topological polar surface area (TPSA) is 354 Å². The van der Waals surface area contributed by atoms with Gasteiger partial charge in [-0.05, 0) is 0 Å². The van der Waals surface area contributed by atoms with Crippen molar-refractivity contribution in [1.82, 2.24) is 0 Å². The third-order valence-electron chi connectivity index (χ3n) is 8.38. The van der Waals surface area contributed by atoms with Gasteiger partial charge in [-0.25, -0.2) is 4.79 Å². The first kappa shape index (κ1) is 38.5. The van der Waals surface area contributed by atoms with Crippen molar-refractivity contribution < 1.29 is 109 Å². The molecule has 0 unspecified atom stereocenters. The average molecular weight is 695 g/mol. The standard InChI is InChI=1S/C25H42O22/c1-40-19-13(32)16(35)24(47-20(19)21(37)38)42-3-6-8(27)11(30)14(33)23(44-6)41-4-7-9(28)12(31)15(34)25(45-7)46-18-10(29)5(2-26)43-22(39)17(18)36/h5-20,22-36,39H,2-4H2,1H3,(H,37,38)/t5-,6-,7-,8+,9+,10+,11+,12+,13-,14-,15-,16-,17-,18+,19+,20+,22-,23-,24-,25+/m1/s1. The molecular formula is C25H42O22. The molecule has 0 aliphatic carbocycles. The lowest BCUT2D eigenvalue weighted by molar-refractivity contribution is -0.364. The van der Waals surface area contributed by atoms with Crippen LogP contribution in [0.4, 0.5) is 0 Å². The maximum atomic E-state index is 11.5. The Balaban J connectivity index is 1.38. The molecule has 0 spiro atoms. The van der Waals surface area contributed by atoms with Crippen LogP contribution < -0.4 is 0 Å². The van der Waals surface area contributed by atoms with Crippen molar-refractivity contribution in [2.45, 2.75) is 123 Å². The number of aliphatic hydroxyl groups is 12. The van der Waals surface area contributed by atoms with E-state index in [-0.39, 0.29) is 0 Å². The molecule has 0 amide bonds. The van der Waals surface area contributed by atoms with Crippen LogP contribution in [0.2, 0.25) is 0 Å². The van der Waals surface area contributed by atoms with Crippen LogP contribution in [0, 0.1) is 0 Å². The molecule has 4 rings (SSSR count). The van der Waals surface area contributed by atoms with Gasteiger partial charge in [0.1, 0.15) is 91.6 Å². The molecule has 22 heteroatoms. The van der Waals surface area contributed by atoms with Crippen LogP contribution in [0.3, 0.4) is 0 Å². The van der Waals surface area contributed by atoms with Crippen molar-refractivity contribution in [2.24, 2.45) is 0 Å². The van der Waals surface area contributed by atoms with E-state index in [4.69, 9.17) is 37.9 Å². The monoisotopic (exact) mass is 694 g/mol. The SMILES string of the molecule is CO[C@H]1[C@H](O)[C@@H](O)[C@H](OC[C@H]2O[C@@H](OC[C@H]3O[C@@H](O[C@@H]4[C@@H](O)[C@H](O)O[C@H](CO)[C@@H]4O)[C@H](O)[C@@H](O)[C@H]3O)[C@H](O)[C@@H](O)[C@H]2O)O[C@@H]1C(=O)O. The predicted molar refractivity (Wildman–Crippen MR) is 139 cm³/mol. The molecule has 13 N–H and O–H groups in total. The zero-order valence-corrected chi connectivity index (χ0v) is 24.7. The Bertz CT molecular complexity index is 1010. The van der Waals surface area contributed by atoms with Gasteiger partial charge in [-0.3, -0.25) is 0 Å². The Kier molecular flexibility index (Phi) is 13.2. The number of aliphatic hydroxyl groups excluding tert-OH is 12. The van der Waals surface area contributed by atoms with Crippen molar-refractivity contribution in [3.8, 4) is 0 Å². The van der Waals surface area contributed by atoms with Gasteiger partial charge in [0.05, 0.1) is 19.8 Å². The zero-order valence-electron chi connectivity index (χ0n) is 24.7. The zero-order chi connectivity index (χ0) is 34.9. The molecule has 4 fully saturated rings. The van der Waals surface area contributed by atoms with Crippen molar-refractivity contribution in [3.05, 3.63) is 0 Å². The largest absolute Gasteiger partial charge is 0.479 e. The minimum absolute atomic E-state index is 0.719. The molecule has 0 aromatic heterocycles. The summed E-state index contributed by atoms with van der Waals surface area (Å²) in [6, 6.07) is 0. The van der Waals surface area contributed by atoms with E-state index < -0.39 is 149 Å². The quantitative estimate of drug-likeness (QED) is 0.0954. The summed E-state index contributed by atoms with van der Waals surface area (Å²) in [5, 5.41) is 132. The van der Waals surface area contributed by atoms with Gasteiger partial charge in [-0.2, -0.15) is 0 Å². The van der Waals surface area contributed by atoms with Crippen molar-refractivity contribution in [1.29, 1.82) is 0 Å². The number of carbonyl (C=O) groups is 1. The maximum Gasteiger partial charge on any atom is 0.335 e. The molecule has 274 valence electrons. The first-order valence-electron chi connectivity index (χ1n) is 14.5. The van der Waals surface area contributed by atoms with Crippen LogP contribution in [0.25, 0.3) is 0 Å². The van der Waals surface area contributed by atoms with Crippen LogP contribution in [0.1, 0.15) is 0 Å². The highest BCUT2D eigenvalue weighted by Crippen LogP contribution is 2.31. The minimum atomic E-state index is -1.97.